The van der Waals surface area contributed by atoms with Gasteiger partial charge in [-0.15, -0.1) is 0 Å². The minimum atomic E-state index is -1.14. The number of anilines is 1. The van der Waals surface area contributed by atoms with Crippen LogP contribution in [0.1, 0.15) is 20.7 Å². The standard InChI is InChI=1S/C14H8BrFINO3/c15-11-5-7(16)1-3-9(11)13(19)18-12-4-2-8(17)6-10(12)14(20)21/h1-6H,(H,18,19)(H,20,21). The average molecular weight is 464 g/mol. The van der Waals surface area contributed by atoms with Crippen LogP contribution in [0.4, 0.5) is 10.1 Å². The highest BCUT2D eigenvalue weighted by atomic mass is 127. The molecular weight excluding hydrogens is 456 g/mol. The van der Waals surface area contributed by atoms with Gasteiger partial charge in [0, 0.05) is 8.04 Å². The third-order valence-electron chi connectivity index (χ3n) is 2.64. The van der Waals surface area contributed by atoms with E-state index in [0.717, 1.165) is 9.64 Å². The summed E-state index contributed by atoms with van der Waals surface area (Å²) in [5.41, 5.74) is 0.393. The minimum absolute atomic E-state index is 0.00603. The lowest BCUT2D eigenvalue weighted by molar-refractivity contribution is 0.0698. The molecule has 0 bridgehead atoms. The summed E-state index contributed by atoms with van der Waals surface area (Å²) in [4.78, 5) is 23.3. The van der Waals surface area contributed by atoms with Gasteiger partial charge in [-0.1, -0.05) is 0 Å². The molecule has 0 aliphatic heterocycles. The molecule has 2 aromatic rings. The predicted octanol–water partition coefficient (Wildman–Crippen LogP) is 4.14. The molecule has 4 nitrogen and oxygen atoms in total. The molecule has 1 amide bonds. The molecule has 108 valence electrons. The highest BCUT2D eigenvalue weighted by molar-refractivity contribution is 14.1. The van der Waals surface area contributed by atoms with E-state index < -0.39 is 17.7 Å². The van der Waals surface area contributed by atoms with Gasteiger partial charge in [-0.2, -0.15) is 0 Å². The molecule has 2 rings (SSSR count). The summed E-state index contributed by atoms with van der Waals surface area (Å²) >= 11 is 5.09. The van der Waals surface area contributed by atoms with Crippen LogP contribution in [0.5, 0.6) is 0 Å². The fourth-order valence-corrected chi connectivity index (χ4v) is 2.69. The number of hydrogen-bond donors (Lipinski definition) is 2. The second kappa shape index (κ2) is 6.52. The summed E-state index contributed by atoms with van der Waals surface area (Å²) in [5.74, 6) is -2.13. The van der Waals surface area contributed by atoms with Crippen molar-refractivity contribution < 1.29 is 19.1 Å². The fraction of sp³-hybridized carbons (Fsp3) is 0. The van der Waals surface area contributed by atoms with Crippen molar-refractivity contribution in [2.75, 3.05) is 5.32 Å². The van der Waals surface area contributed by atoms with Gasteiger partial charge in [-0.25, -0.2) is 9.18 Å². The Labute approximate surface area is 141 Å². The maximum absolute atomic E-state index is 13.0. The zero-order valence-corrected chi connectivity index (χ0v) is 14.1. The van der Waals surface area contributed by atoms with Gasteiger partial charge in [0.2, 0.25) is 0 Å². The molecule has 2 N–H and O–H groups in total. The third kappa shape index (κ3) is 3.79. The topological polar surface area (TPSA) is 66.4 Å². The Bertz CT molecular complexity index is 736. The monoisotopic (exact) mass is 463 g/mol. The van der Waals surface area contributed by atoms with Crippen LogP contribution in [-0.4, -0.2) is 17.0 Å². The van der Waals surface area contributed by atoms with E-state index in [0.29, 0.717) is 4.47 Å². The van der Waals surface area contributed by atoms with E-state index in [1.165, 1.54) is 24.3 Å². The number of aromatic carboxylic acids is 1. The van der Waals surface area contributed by atoms with Crippen molar-refractivity contribution in [1.82, 2.24) is 0 Å². The molecule has 0 spiro atoms. The lowest BCUT2D eigenvalue weighted by atomic mass is 10.1. The lowest BCUT2D eigenvalue weighted by Crippen LogP contribution is -2.15. The Hall–Kier alpha value is -1.48. The van der Waals surface area contributed by atoms with Crippen molar-refractivity contribution in [3.8, 4) is 0 Å². The Morgan fingerprint density at radius 3 is 2.48 bits per heavy atom. The predicted molar refractivity (Wildman–Crippen MR) is 88.2 cm³/mol. The first-order valence-electron chi connectivity index (χ1n) is 5.67. The number of carbonyl (C=O) groups excluding carboxylic acids is 1. The summed E-state index contributed by atoms with van der Waals surface area (Å²) in [6, 6.07) is 8.30. The Morgan fingerprint density at radius 1 is 1.14 bits per heavy atom. The highest BCUT2D eigenvalue weighted by Crippen LogP contribution is 2.22. The van der Waals surface area contributed by atoms with Crippen LogP contribution in [0.15, 0.2) is 40.9 Å². The zero-order valence-electron chi connectivity index (χ0n) is 10.4. The first kappa shape index (κ1) is 15.9. The van der Waals surface area contributed by atoms with Gasteiger partial charge in [0.05, 0.1) is 16.8 Å². The normalized spacial score (nSPS) is 10.2. The van der Waals surface area contributed by atoms with Gasteiger partial charge in [0.1, 0.15) is 5.82 Å². The number of halogens is 3. The summed E-state index contributed by atoms with van der Waals surface area (Å²) in [6.45, 7) is 0. The molecule has 0 saturated heterocycles. The summed E-state index contributed by atoms with van der Waals surface area (Å²) in [6.07, 6.45) is 0. The lowest BCUT2D eigenvalue weighted by Gasteiger charge is -2.10. The molecule has 0 atom stereocenters. The zero-order chi connectivity index (χ0) is 15.6. The second-order valence-corrected chi connectivity index (χ2v) is 6.17. The van der Waals surface area contributed by atoms with Crippen molar-refractivity contribution in [3.63, 3.8) is 0 Å². The molecule has 7 heteroatoms. The van der Waals surface area contributed by atoms with Crippen molar-refractivity contribution in [2.24, 2.45) is 0 Å². The van der Waals surface area contributed by atoms with Gasteiger partial charge in [-0.05, 0) is 74.9 Å². The third-order valence-corrected chi connectivity index (χ3v) is 3.96. The number of carboxylic acids is 1. The molecule has 0 aliphatic carbocycles. The maximum Gasteiger partial charge on any atom is 0.337 e. The fourth-order valence-electron chi connectivity index (χ4n) is 1.67. The summed E-state index contributed by atoms with van der Waals surface area (Å²) < 4.78 is 14.0. The van der Waals surface area contributed by atoms with Crippen LogP contribution in [0.3, 0.4) is 0 Å². The van der Waals surface area contributed by atoms with E-state index >= 15 is 0 Å². The Morgan fingerprint density at radius 2 is 1.86 bits per heavy atom. The largest absolute Gasteiger partial charge is 0.478 e. The quantitative estimate of drug-likeness (QED) is 0.672. The van der Waals surface area contributed by atoms with Crippen LogP contribution in [0, 0.1) is 9.39 Å². The molecule has 21 heavy (non-hydrogen) atoms. The van der Waals surface area contributed by atoms with Crippen molar-refractivity contribution >= 4 is 56.1 Å². The van der Waals surface area contributed by atoms with E-state index in [4.69, 9.17) is 5.11 Å². The van der Waals surface area contributed by atoms with E-state index in [1.807, 2.05) is 22.6 Å². The number of amides is 1. The van der Waals surface area contributed by atoms with Crippen LogP contribution in [0.25, 0.3) is 0 Å². The van der Waals surface area contributed by atoms with Crippen LogP contribution >= 0.6 is 38.5 Å². The molecule has 0 aromatic heterocycles. The van der Waals surface area contributed by atoms with Gasteiger partial charge < -0.3 is 10.4 Å². The number of rotatable bonds is 3. The van der Waals surface area contributed by atoms with Crippen LogP contribution < -0.4 is 5.32 Å². The first-order chi connectivity index (χ1) is 9.88. The SMILES string of the molecule is O=C(Nc1ccc(I)cc1C(=O)O)c1ccc(F)cc1Br. The highest BCUT2D eigenvalue weighted by Gasteiger charge is 2.16. The molecule has 0 radical (unpaired) electrons. The number of benzene rings is 2. The molecule has 0 aliphatic rings. The average Bonchev–Trinajstić information content (AvgIpc) is 2.40. The van der Waals surface area contributed by atoms with Crippen molar-refractivity contribution in [3.05, 3.63) is 61.4 Å². The second-order valence-electron chi connectivity index (χ2n) is 4.07. The van der Waals surface area contributed by atoms with Crippen molar-refractivity contribution in [2.45, 2.75) is 0 Å². The van der Waals surface area contributed by atoms with Crippen LogP contribution in [-0.2, 0) is 0 Å². The number of nitrogens with one attached hydrogen (secondary N) is 1. The summed E-state index contributed by atoms with van der Waals surface area (Å²) in [5, 5.41) is 11.7. The van der Waals surface area contributed by atoms with E-state index in [1.54, 1.807) is 6.07 Å². The smallest absolute Gasteiger partial charge is 0.337 e. The van der Waals surface area contributed by atoms with Gasteiger partial charge in [-0.3, -0.25) is 4.79 Å². The van der Waals surface area contributed by atoms with Crippen molar-refractivity contribution in [1.29, 1.82) is 0 Å². The molecule has 0 unspecified atom stereocenters. The number of carboxylic acid groups (broad SMARTS) is 1. The summed E-state index contributed by atoms with van der Waals surface area (Å²) in [7, 11) is 0. The van der Waals surface area contributed by atoms with Gasteiger partial charge >= 0.3 is 5.97 Å². The first-order valence-corrected chi connectivity index (χ1v) is 7.55. The Balaban J connectivity index is 2.34. The van der Waals surface area contributed by atoms with E-state index in [2.05, 4.69) is 21.2 Å². The number of carbonyl (C=O) groups is 2. The van der Waals surface area contributed by atoms with Gasteiger partial charge in [0.15, 0.2) is 0 Å². The Kier molecular flexibility index (Phi) is 4.94. The molecular formula is C14H8BrFINO3. The van der Waals surface area contributed by atoms with Crippen LogP contribution in [0.2, 0.25) is 0 Å². The minimum Gasteiger partial charge on any atom is -0.478 e. The number of hydrogen-bond acceptors (Lipinski definition) is 2. The molecule has 0 saturated carbocycles. The maximum atomic E-state index is 13.0. The molecule has 0 heterocycles. The molecule has 0 fully saturated rings. The van der Waals surface area contributed by atoms with Gasteiger partial charge in [0.25, 0.3) is 5.91 Å². The molecule has 2 aromatic carbocycles. The van der Waals surface area contributed by atoms with E-state index in [9.17, 15) is 14.0 Å². The van der Waals surface area contributed by atoms with E-state index in [-0.39, 0.29) is 16.8 Å².